The summed E-state index contributed by atoms with van der Waals surface area (Å²) >= 11 is 1.48. The van der Waals surface area contributed by atoms with Gasteiger partial charge in [0.2, 0.25) is 0 Å². The Hall–Kier alpha value is -0.980. The Bertz CT molecular complexity index is 310. The van der Waals surface area contributed by atoms with Gasteiger partial charge in [0.05, 0.1) is 5.01 Å². The van der Waals surface area contributed by atoms with Crippen LogP contribution in [0.25, 0.3) is 0 Å². The quantitative estimate of drug-likeness (QED) is 0.415. The Labute approximate surface area is 86.9 Å². The van der Waals surface area contributed by atoms with E-state index in [2.05, 4.69) is 15.3 Å². The number of likely N-dealkylation sites (N-methyl/N-ethyl adjacent to an activating group) is 1. The molecular formula is C8H14N4OS. The molecule has 1 rings (SSSR count). The second-order valence-electron chi connectivity index (χ2n) is 3.15. The van der Waals surface area contributed by atoms with Gasteiger partial charge in [-0.3, -0.25) is 10.2 Å². The Morgan fingerprint density at radius 1 is 1.71 bits per heavy atom. The number of amides is 1. The molecule has 0 aromatic carbocycles. The van der Waals surface area contributed by atoms with Gasteiger partial charge in [0.1, 0.15) is 5.69 Å². The summed E-state index contributed by atoms with van der Waals surface area (Å²) in [7, 11) is 4.00. The zero-order valence-electron chi connectivity index (χ0n) is 8.28. The maximum absolute atomic E-state index is 11.1. The molecular weight excluding hydrogens is 200 g/mol. The van der Waals surface area contributed by atoms with E-state index in [0.29, 0.717) is 5.69 Å². The molecule has 0 atom stereocenters. The molecule has 0 bridgehead atoms. The van der Waals surface area contributed by atoms with Gasteiger partial charge in [-0.1, -0.05) is 0 Å². The van der Waals surface area contributed by atoms with E-state index in [4.69, 9.17) is 5.84 Å². The molecule has 0 unspecified atom stereocenters. The largest absolute Gasteiger partial charge is 0.309 e. The summed E-state index contributed by atoms with van der Waals surface area (Å²) in [6.07, 6.45) is 0.857. The van der Waals surface area contributed by atoms with Crippen LogP contribution >= 0.6 is 11.3 Å². The van der Waals surface area contributed by atoms with Gasteiger partial charge in [-0.2, -0.15) is 0 Å². The summed E-state index contributed by atoms with van der Waals surface area (Å²) < 4.78 is 0. The molecule has 0 aliphatic carbocycles. The first-order chi connectivity index (χ1) is 6.63. The predicted molar refractivity (Wildman–Crippen MR) is 56.0 cm³/mol. The fraction of sp³-hybridized carbons (Fsp3) is 0.500. The number of carbonyl (C=O) groups is 1. The fourth-order valence-electron chi connectivity index (χ4n) is 0.923. The third-order valence-corrected chi connectivity index (χ3v) is 2.60. The average molecular weight is 214 g/mol. The number of hydrazine groups is 1. The van der Waals surface area contributed by atoms with Crippen LogP contribution in [0.3, 0.4) is 0 Å². The van der Waals surface area contributed by atoms with Crippen LogP contribution in [0.1, 0.15) is 15.5 Å². The van der Waals surface area contributed by atoms with Crippen molar-refractivity contribution in [2.24, 2.45) is 5.84 Å². The first-order valence-corrected chi connectivity index (χ1v) is 5.11. The van der Waals surface area contributed by atoms with Gasteiger partial charge in [-0.25, -0.2) is 10.8 Å². The molecule has 3 N–H and O–H groups in total. The lowest BCUT2D eigenvalue weighted by Crippen LogP contribution is -2.30. The summed E-state index contributed by atoms with van der Waals surface area (Å²) in [4.78, 5) is 17.3. The van der Waals surface area contributed by atoms with Crippen molar-refractivity contribution < 1.29 is 4.79 Å². The Morgan fingerprint density at radius 2 is 2.43 bits per heavy atom. The van der Waals surface area contributed by atoms with E-state index in [1.54, 1.807) is 5.38 Å². The number of rotatable bonds is 4. The highest BCUT2D eigenvalue weighted by molar-refractivity contribution is 7.09. The van der Waals surface area contributed by atoms with Crippen molar-refractivity contribution in [3.63, 3.8) is 0 Å². The second-order valence-corrected chi connectivity index (χ2v) is 4.10. The molecule has 0 saturated heterocycles. The van der Waals surface area contributed by atoms with Crippen molar-refractivity contribution in [3.05, 3.63) is 16.1 Å². The monoisotopic (exact) mass is 214 g/mol. The fourth-order valence-corrected chi connectivity index (χ4v) is 1.69. The number of hydrogen-bond donors (Lipinski definition) is 2. The van der Waals surface area contributed by atoms with E-state index in [1.807, 2.05) is 14.1 Å². The number of nitrogens with two attached hydrogens (primary N) is 1. The maximum atomic E-state index is 11.1. The number of thiazole rings is 1. The zero-order chi connectivity index (χ0) is 10.6. The topological polar surface area (TPSA) is 71.2 Å². The average Bonchev–Trinajstić information content (AvgIpc) is 2.62. The normalized spacial score (nSPS) is 10.6. The molecule has 0 spiro atoms. The number of aromatic nitrogens is 1. The van der Waals surface area contributed by atoms with Gasteiger partial charge in [-0.05, 0) is 14.1 Å². The standard InChI is InChI=1S/C8H14N4OS/c1-12(2)4-3-7-10-6(5-14-7)8(13)11-9/h5H,3-4,9H2,1-2H3,(H,11,13). The number of hydrogen-bond acceptors (Lipinski definition) is 5. The lowest BCUT2D eigenvalue weighted by molar-refractivity contribution is 0.0949. The van der Waals surface area contributed by atoms with Gasteiger partial charge in [0, 0.05) is 18.3 Å². The van der Waals surface area contributed by atoms with Crippen LogP contribution in [0.5, 0.6) is 0 Å². The molecule has 0 saturated carbocycles. The van der Waals surface area contributed by atoms with Crippen molar-refractivity contribution in [3.8, 4) is 0 Å². The molecule has 14 heavy (non-hydrogen) atoms. The molecule has 0 fully saturated rings. The minimum Gasteiger partial charge on any atom is -0.309 e. The summed E-state index contributed by atoms with van der Waals surface area (Å²) in [5.41, 5.74) is 2.45. The predicted octanol–water partition coefficient (Wildman–Crippen LogP) is -0.149. The van der Waals surface area contributed by atoms with Crippen molar-refractivity contribution in [1.29, 1.82) is 0 Å². The Balaban J connectivity index is 2.55. The molecule has 1 aromatic heterocycles. The lowest BCUT2D eigenvalue weighted by atomic mass is 10.4. The molecule has 78 valence electrons. The van der Waals surface area contributed by atoms with Gasteiger partial charge in [0.15, 0.2) is 0 Å². The smallest absolute Gasteiger partial charge is 0.284 e. The van der Waals surface area contributed by atoms with Crippen LogP contribution in [0.15, 0.2) is 5.38 Å². The zero-order valence-corrected chi connectivity index (χ0v) is 9.10. The number of nitrogen functional groups attached to an aromatic ring is 1. The van der Waals surface area contributed by atoms with E-state index >= 15 is 0 Å². The van der Waals surface area contributed by atoms with Gasteiger partial charge in [-0.15, -0.1) is 11.3 Å². The molecule has 0 aliphatic heterocycles. The number of nitrogens with one attached hydrogen (secondary N) is 1. The number of carbonyl (C=O) groups excluding carboxylic acids is 1. The molecule has 0 radical (unpaired) electrons. The summed E-state index contributed by atoms with van der Waals surface area (Å²) in [5.74, 6) is 4.66. The highest BCUT2D eigenvalue weighted by Gasteiger charge is 2.08. The maximum Gasteiger partial charge on any atom is 0.284 e. The minimum absolute atomic E-state index is 0.336. The second kappa shape index (κ2) is 5.04. The van der Waals surface area contributed by atoms with E-state index in [-0.39, 0.29) is 5.91 Å². The summed E-state index contributed by atoms with van der Waals surface area (Å²) in [6.45, 7) is 0.928. The van der Waals surface area contributed by atoms with Crippen molar-refractivity contribution in [2.75, 3.05) is 20.6 Å². The van der Waals surface area contributed by atoms with E-state index in [9.17, 15) is 4.79 Å². The molecule has 1 heterocycles. The first kappa shape index (κ1) is 11.1. The molecule has 1 aromatic rings. The third kappa shape index (κ3) is 3.06. The SMILES string of the molecule is CN(C)CCc1nc(C(=O)NN)cs1. The Kier molecular flexibility index (Phi) is 3.99. The number of nitrogens with zero attached hydrogens (tertiary/aromatic N) is 2. The third-order valence-electron chi connectivity index (χ3n) is 1.69. The van der Waals surface area contributed by atoms with E-state index < -0.39 is 0 Å². The molecule has 5 nitrogen and oxygen atoms in total. The van der Waals surface area contributed by atoms with Gasteiger partial charge in [0.25, 0.3) is 5.91 Å². The molecule has 6 heteroatoms. The van der Waals surface area contributed by atoms with Crippen molar-refractivity contribution in [2.45, 2.75) is 6.42 Å². The molecule has 1 amide bonds. The van der Waals surface area contributed by atoms with Gasteiger partial charge >= 0.3 is 0 Å². The van der Waals surface area contributed by atoms with Crippen LogP contribution in [-0.4, -0.2) is 36.4 Å². The highest BCUT2D eigenvalue weighted by Crippen LogP contribution is 2.10. The Morgan fingerprint density at radius 3 is 3.00 bits per heavy atom. The van der Waals surface area contributed by atoms with Crippen LogP contribution in [0, 0.1) is 0 Å². The van der Waals surface area contributed by atoms with Crippen LogP contribution in [-0.2, 0) is 6.42 Å². The lowest BCUT2D eigenvalue weighted by Gasteiger charge is -2.06. The summed E-state index contributed by atoms with van der Waals surface area (Å²) in [6, 6.07) is 0. The van der Waals surface area contributed by atoms with E-state index in [1.165, 1.54) is 11.3 Å². The van der Waals surface area contributed by atoms with E-state index in [0.717, 1.165) is 18.0 Å². The summed E-state index contributed by atoms with van der Waals surface area (Å²) in [5, 5.41) is 2.67. The minimum atomic E-state index is -0.336. The van der Waals surface area contributed by atoms with Crippen molar-refractivity contribution >= 4 is 17.2 Å². The highest BCUT2D eigenvalue weighted by atomic mass is 32.1. The first-order valence-electron chi connectivity index (χ1n) is 4.23. The van der Waals surface area contributed by atoms with Crippen LogP contribution in [0.4, 0.5) is 0 Å². The molecule has 0 aliphatic rings. The van der Waals surface area contributed by atoms with Crippen LogP contribution < -0.4 is 11.3 Å². The van der Waals surface area contributed by atoms with Crippen molar-refractivity contribution in [1.82, 2.24) is 15.3 Å². The van der Waals surface area contributed by atoms with Gasteiger partial charge < -0.3 is 4.90 Å². The van der Waals surface area contributed by atoms with Crippen LogP contribution in [0.2, 0.25) is 0 Å².